The Bertz CT molecular complexity index is 588. The van der Waals surface area contributed by atoms with Crippen LogP contribution in [-0.4, -0.2) is 25.5 Å². The summed E-state index contributed by atoms with van der Waals surface area (Å²) in [4.78, 5) is 9.23. The van der Waals surface area contributed by atoms with Crippen LogP contribution in [0.15, 0.2) is 12.3 Å². The number of aromatic nitrogens is 3. The number of rotatable bonds is 3. The van der Waals surface area contributed by atoms with Gasteiger partial charge in [-0.05, 0) is 44.1 Å². The van der Waals surface area contributed by atoms with E-state index in [1.165, 1.54) is 18.6 Å². The van der Waals surface area contributed by atoms with Crippen LogP contribution in [0.1, 0.15) is 36.5 Å². The lowest BCUT2D eigenvalue weighted by Crippen LogP contribution is -2.13. The van der Waals surface area contributed by atoms with Gasteiger partial charge in [0.05, 0.1) is 5.38 Å². The molecule has 2 aromatic heterocycles. The van der Waals surface area contributed by atoms with E-state index in [1.807, 2.05) is 20.0 Å². The number of nitrogens with zero attached hydrogens (tertiary/aromatic N) is 3. The Morgan fingerprint density at radius 1 is 1.58 bits per heavy atom. The first-order valence-corrected chi connectivity index (χ1v) is 8.22. The minimum Gasteiger partial charge on any atom is -0.310 e. The van der Waals surface area contributed by atoms with Gasteiger partial charge in [-0.2, -0.15) is 11.8 Å². The van der Waals surface area contributed by atoms with Crippen LogP contribution >= 0.6 is 23.4 Å². The topological polar surface area (TPSA) is 30.7 Å². The summed E-state index contributed by atoms with van der Waals surface area (Å²) >= 11 is 8.34. The third-order valence-electron chi connectivity index (χ3n) is 3.52. The molecule has 1 saturated heterocycles. The zero-order chi connectivity index (χ0) is 13.4. The second-order valence-corrected chi connectivity index (χ2v) is 7.25. The molecular weight excluding hydrogens is 278 g/mol. The van der Waals surface area contributed by atoms with E-state index < -0.39 is 0 Å². The lowest BCUT2D eigenvalue weighted by Gasteiger charge is -2.14. The van der Waals surface area contributed by atoms with Crippen molar-refractivity contribution >= 4 is 34.5 Å². The Balaban J connectivity index is 2.05. The molecule has 2 aromatic rings. The largest absolute Gasteiger partial charge is 0.310 e. The lowest BCUT2D eigenvalue weighted by atomic mass is 10.2. The van der Waals surface area contributed by atoms with E-state index in [-0.39, 0.29) is 5.38 Å². The first-order valence-electron chi connectivity index (χ1n) is 6.73. The number of halogens is 1. The fourth-order valence-electron chi connectivity index (χ4n) is 2.60. The molecule has 3 nitrogen and oxygen atoms in total. The van der Waals surface area contributed by atoms with Crippen molar-refractivity contribution in [3.8, 4) is 0 Å². The molecule has 0 radical (unpaired) electrons. The van der Waals surface area contributed by atoms with Gasteiger partial charge in [-0.3, -0.25) is 0 Å². The zero-order valence-electron chi connectivity index (χ0n) is 11.3. The predicted molar refractivity (Wildman–Crippen MR) is 82.0 cm³/mol. The molecule has 0 aromatic carbocycles. The van der Waals surface area contributed by atoms with E-state index in [9.17, 15) is 0 Å². The van der Waals surface area contributed by atoms with Gasteiger partial charge in [0.25, 0.3) is 0 Å². The van der Waals surface area contributed by atoms with E-state index in [0.717, 1.165) is 29.1 Å². The number of imidazole rings is 1. The van der Waals surface area contributed by atoms with E-state index >= 15 is 0 Å². The summed E-state index contributed by atoms with van der Waals surface area (Å²) in [6.45, 7) is 5.00. The van der Waals surface area contributed by atoms with E-state index in [2.05, 4.69) is 32.4 Å². The lowest BCUT2D eigenvalue weighted by molar-refractivity contribution is 0.619. The van der Waals surface area contributed by atoms with Crippen molar-refractivity contribution in [3.63, 3.8) is 0 Å². The van der Waals surface area contributed by atoms with Gasteiger partial charge in [0.2, 0.25) is 0 Å². The smallest absolute Gasteiger partial charge is 0.160 e. The van der Waals surface area contributed by atoms with Crippen LogP contribution in [0.25, 0.3) is 11.2 Å². The first kappa shape index (κ1) is 13.3. The summed E-state index contributed by atoms with van der Waals surface area (Å²) in [6.07, 6.45) is 4.51. The predicted octanol–water partition coefficient (Wildman–Crippen LogP) is 3.94. The molecule has 1 aliphatic heterocycles. The number of thioether (sulfide) groups is 1. The summed E-state index contributed by atoms with van der Waals surface area (Å²) in [5.74, 6) is 2.22. The molecule has 0 N–H and O–H groups in total. The van der Waals surface area contributed by atoms with Crippen LogP contribution in [-0.2, 0) is 6.54 Å². The summed E-state index contributed by atoms with van der Waals surface area (Å²) in [6, 6.07) is 2.09. The molecule has 0 aliphatic carbocycles. The minimum absolute atomic E-state index is 0.0825. The number of aryl methyl sites for hydroxylation is 1. The van der Waals surface area contributed by atoms with Crippen LogP contribution in [0.3, 0.4) is 0 Å². The zero-order valence-corrected chi connectivity index (χ0v) is 12.8. The summed E-state index contributed by atoms with van der Waals surface area (Å²) < 4.78 is 2.22. The number of alkyl halides is 1. The van der Waals surface area contributed by atoms with Crippen molar-refractivity contribution in [3.05, 3.63) is 23.7 Å². The Hall–Kier alpha value is -0.740. The average molecular weight is 296 g/mol. The second-order valence-electron chi connectivity index (χ2n) is 5.19. The van der Waals surface area contributed by atoms with Gasteiger partial charge in [-0.1, -0.05) is 0 Å². The van der Waals surface area contributed by atoms with Gasteiger partial charge >= 0.3 is 0 Å². The standard InChI is InChI=1S/C14H18ClN3S/c1-9-6-12-14(16-7-9)18(13(17-12)10(2)15)8-11-4-3-5-19-11/h6-7,10-11H,3-5,8H2,1-2H3. The molecule has 2 unspecified atom stereocenters. The number of hydrogen-bond acceptors (Lipinski definition) is 3. The van der Waals surface area contributed by atoms with Gasteiger partial charge in [-0.15, -0.1) is 11.6 Å². The second kappa shape index (κ2) is 5.33. The van der Waals surface area contributed by atoms with Gasteiger partial charge in [0.1, 0.15) is 11.3 Å². The molecule has 3 rings (SSSR count). The van der Waals surface area contributed by atoms with Crippen molar-refractivity contribution in [2.75, 3.05) is 5.75 Å². The maximum atomic E-state index is 6.29. The molecule has 0 spiro atoms. The molecule has 1 aliphatic rings. The molecule has 19 heavy (non-hydrogen) atoms. The van der Waals surface area contributed by atoms with E-state index in [0.29, 0.717) is 5.25 Å². The highest BCUT2D eigenvalue weighted by atomic mass is 35.5. The van der Waals surface area contributed by atoms with Crippen LogP contribution < -0.4 is 0 Å². The van der Waals surface area contributed by atoms with Gasteiger partial charge < -0.3 is 4.57 Å². The summed E-state index contributed by atoms with van der Waals surface area (Å²) in [7, 11) is 0. The highest BCUT2D eigenvalue weighted by Crippen LogP contribution is 2.31. The van der Waals surface area contributed by atoms with Crippen molar-refractivity contribution in [2.45, 2.75) is 43.9 Å². The van der Waals surface area contributed by atoms with E-state index in [1.54, 1.807) is 0 Å². The monoisotopic (exact) mass is 295 g/mol. The average Bonchev–Trinajstić information content (AvgIpc) is 2.97. The van der Waals surface area contributed by atoms with Crippen LogP contribution in [0.2, 0.25) is 0 Å². The molecule has 1 fully saturated rings. The Morgan fingerprint density at radius 2 is 2.42 bits per heavy atom. The maximum Gasteiger partial charge on any atom is 0.160 e. The van der Waals surface area contributed by atoms with Gasteiger partial charge in [-0.25, -0.2) is 9.97 Å². The highest BCUT2D eigenvalue weighted by molar-refractivity contribution is 8.00. The number of hydrogen-bond donors (Lipinski definition) is 0. The third-order valence-corrected chi connectivity index (χ3v) is 5.09. The Labute approximate surface area is 122 Å². The van der Waals surface area contributed by atoms with E-state index in [4.69, 9.17) is 11.6 Å². The fraction of sp³-hybridized carbons (Fsp3) is 0.571. The van der Waals surface area contributed by atoms with Gasteiger partial charge in [0, 0.05) is 18.0 Å². The molecule has 102 valence electrons. The fourth-order valence-corrected chi connectivity index (χ4v) is 4.03. The van der Waals surface area contributed by atoms with Crippen molar-refractivity contribution in [1.82, 2.24) is 14.5 Å². The summed E-state index contributed by atoms with van der Waals surface area (Å²) in [5.41, 5.74) is 3.08. The highest BCUT2D eigenvalue weighted by Gasteiger charge is 2.21. The normalized spacial score (nSPS) is 21.1. The number of pyridine rings is 1. The minimum atomic E-state index is -0.0825. The molecular formula is C14H18ClN3S. The summed E-state index contributed by atoms with van der Waals surface area (Å²) in [5, 5.41) is 0.593. The Morgan fingerprint density at radius 3 is 3.11 bits per heavy atom. The van der Waals surface area contributed by atoms with Crippen LogP contribution in [0.5, 0.6) is 0 Å². The third kappa shape index (κ3) is 2.61. The molecule has 5 heteroatoms. The maximum absolute atomic E-state index is 6.29. The van der Waals surface area contributed by atoms with Crippen LogP contribution in [0, 0.1) is 6.92 Å². The van der Waals surface area contributed by atoms with Crippen LogP contribution in [0.4, 0.5) is 0 Å². The molecule has 0 saturated carbocycles. The Kier molecular flexibility index (Phi) is 3.72. The van der Waals surface area contributed by atoms with Gasteiger partial charge in [0.15, 0.2) is 5.65 Å². The molecule has 0 amide bonds. The van der Waals surface area contributed by atoms with Crippen molar-refractivity contribution in [2.24, 2.45) is 0 Å². The molecule has 0 bridgehead atoms. The molecule has 2 atom stereocenters. The SMILES string of the molecule is Cc1cnc2c(c1)nc(C(C)Cl)n2CC1CCCS1. The first-order chi connectivity index (χ1) is 9.15. The van der Waals surface area contributed by atoms with Crippen molar-refractivity contribution < 1.29 is 0 Å². The van der Waals surface area contributed by atoms with Crippen molar-refractivity contribution in [1.29, 1.82) is 0 Å². The molecule has 3 heterocycles. The quantitative estimate of drug-likeness (QED) is 0.804. The number of fused-ring (bicyclic) bond motifs is 1.